The minimum absolute atomic E-state index is 0.249. The molecule has 2 N–H and O–H groups in total. The number of rotatable bonds is 3. The monoisotopic (exact) mass is 217 g/mol. The fourth-order valence-electron chi connectivity index (χ4n) is 0.169. The summed E-state index contributed by atoms with van der Waals surface area (Å²) in [6.07, 6.45) is -0.249. The van der Waals surface area contributed by atoms with Crippen LogP contribution in [0.3, 0.4) is 0 Å². The topological polar surface area (TPSA) is 44.5 Å². The lowest BCUT2D eigenvalue weighted by molar-refractivity contribution is -0.0162. The third-order valence-corrected chi connectivity index (χ3v) is 1.12. The van der Waals surface area contributed by atoms with Gasteiger partial charge in [-0.3, -0.25) is 3.07 Å². The van der Waals surface area contributed by atoms with Crippen molar-refractivity contribution < 1.29 is 7.80 Å². The summed E-state index contributed by atoms with van der Waals surface area (Å²) >= 11 is 1.74. The van der Waals surface area contributed by atoms with Crippen molar-refractivity contribution in [3.8, 4) is 0 Å². The molecular weight excluding hydrogens is 209 g/mol. The van der Waals surface area contributed by atoms with Crippen molar-refractivity contribution >= 4 is 23.0 Å². The lowest BCUT2D eigenvalue weighted by atomic mass is 10.7. The molecule has 0 aromatic heterocycles. The molecule has 0 aliphatic rings. The Bertz CT molecular complexity index is 34.4. The Hall–Kier alpha value is 0.610. The van der Waals surface area contributed by atoms with E-state index in [1.54, 1.807) is 30.1 Å². The zero-order valence-electron chi connectivity index (χ0n) is 4.06. The van der Waals surface area contributed by atoms with Crippen molar-refractivity contribution in [2.45, 2.75) is 6.29 Å². The Morgan fingerprint density at radius 3 is 2.43 bits per heavy atom. The number of halogens is 1. The second-order valence-electron chi connectivity index (χ2n) is 0.990. The minimum Gasteiger partial charge on any atom is -0.354 e. The lowest BCUT2D eigenvalue weighted by Gasteiger charge is -2.05. The van der Waals surface area contributed by atoms with Crippen molar-refractivity contribution in [1.82, 2.24) is 0 Å². The normalized spacial score (nSPS) is 14.1. The Kier molecular flexibility index (Phi) is 5.18. The van der Waals surface area contributed by atoms with E-state index in [4.69, 9.17) is 10.5 Å². The zero-order chi connectivity index (χ0) is 5.70. The predicted octanol–water partition coefficient (Wildman–Crippen LogP) is 0.284. The van der Waals surface area contributed by atoms with E-state index in [-0.39, 0.29) is 6.29 Å². The third kappa shape index (κ3) is 3.22. The number of hydrogen-bond donors (Lipinski definition) is 1. The smallest absolute Gasteiger partial charge is 0.180 e. The molecule has 0 spiro atoms. The average molecular weight is 217 g/mol. The molecule has 4 heteroatoms. The summed E-state index contributed by atoms with van der Waals surface area (Å²) in [5.74, 6) is 0. The van der Waals surface area contributed by atoms with Crippen LogP contribution in [0.5, 0.6) is 0 Å². The van der Waals surface area contributed by atoms with Crippen LogP contribution in [0.1, 0.15) is 0 Å². The number of nitrogens with two attached hydrogens (primary N) is 1. The highest BCUT2D eigenvalue weighted by atomic mass is 127. The van der Waals surface area contributed by atoms with Crippen LogP contribution in [-0.2, 0) is 7.80 Å². The molecule has 1 unspecified atom stereocenters. The van der Waals surface area contributed by atoms with Gasteiger partial charge in [0.05, 0.1) is 0 Å². The van der Waals surface area contributed by atoms with E-state index in [9.17, 15) is 0 Å². The van der Waals surface area contributed by atoms with Crippen molar-refractivity contribution in [1.29, 1.82) is 0 Å². The summed E-state index contributed by atoms with van der Waals surface area (Å²) in [6.45, 7) is 0.402. The molecule has 0 radical (unpaired) electrons. The average Bonchev–Trinajstić information content (AvgIpc) is 1.72. The molecule has 0 rings (SSSR count). The van der Waals surface area contributed by atoms with Gasteiger partial charge in [-0.1, -0.05) is 0 Å². The van der Waals surface area contributed by atoms with E-state index in [0.717, 1.165) is 0 Å². The van der Waals surface area contributed by atoms with Gasteiger partial charge in [-0.15, -0.1) is 0 Å². The van der Waals surface area contributed by atoms with Gasteiger partial charge in [0, 0.05) is 13.7 Å². The first-order chi connectivity index (χ1) is 3.35. The van der Waals surface area contributed by atoms with Crippen LogP contribution < -0.4 is 5.73 Å². The van der Waals surface area contributed by atoms with Crippen LogP contribution in [-0.4, -0.2) is 19.9 Å². The van der Waals surface area contributed by atoms with Crippen LogP contribution in [0.15, 0.2) is 0 Å². The molecule has 0 bridgehead atoms. The molecule has 1 atom stereocenters. The fourth-order valence-corrected chi connectivity index (χ4v) is 0.584. The van der Waals surface area contributed by atoms with Gasteiger partial charge in [0.2, 0.25) is 0 Å². The van der Waals surface area contributed by atoms with Crippen molar-refractivity contribution in [2.75, 3.05) is 13.7 Å². The molecule has 0 aromatic carbocycles. The Morgan fingerprint density at radius 1 is 1.86 bits per heavy atom. The molecule has 0 fully saturated rings. The Labute approximate surface area is 56.8 Å². The van der Waals surface area contributed by atoms with E-state index in [2.05, 4.69) is 3.07 Å². The standard InChI is InChI=1S/C3H8INO2/c1-6-3(2-5)7-4/h3H,2,5H2,1H3. The van der Waals surface area contributed by atoms with E-state index in [1.807, 2.05) is 0 Å². The molecule has 7 heavy (non-hydrogen) atoms. The third-order valence-electron chi connectivity index (χ3n) is 0.555. The molecular formula is C3H8INO2. The van der Waals surface area contributed by atoms with Crippen LogP contribution in [0.25, 0.3) is 0 Å². The second-order valence-corrected chi connectivity index (χ2v) is 1.50. The summed E-state index contributed by atoms with van der Waals surface area (Å²) in [4.78, 5) is 0. The predicted molar refractivity (Wildman–Crippen MR) is 35.0 cm³/mol. The van der Waals surface area contributed by atoms with Gasteiger partial charge in [-0.2, -0.15) is 0 Å². The minimum atomic E-state index is -0.249. The molecule has 0 saturated heterocycles. The van der Waals surface area contributed by atoms with Crippen LogP contribution in [0.4, 0.5) is 0 Å². The molecule has 0 amide bonds. The summed E-state index contributed by atoms with van der Waals surface area (Å²) in [5.41, 5.74) is 5.14. The number of ether oxygens (including phenoxy) is 1. The van der Waals surface area contributed by atoms with Gasteiger partial charge in [-0.05, 0) is 0 Å². The summed E-state index contributed by atoms with van der Waals surface area (Å²) < 4.78 is 9.37. The van der Waals surface area contributed by atoms with E-state index < -0.39 is 0 Å². The van der Waals surface area contributed by atoms with Gasteiger partial charge < -0.3 is 10.5 Å². The molecule has 0 aromatic rings. The summed E-state index contributed by atoms with van der Waals surface area (Å²) in [7, 11) is 1.55. The van der Waals surface area contributed by atoms with Crippen molar-refractivity contribution in [3.05, 3.63) is 0 Å². The highest BCUT2D eigenvalue weighted by molar-refractivity contribution is 14.1. The van der Waals surface area contributed by atoms with Gasteiger partial charge in [0.15, 0.2) is 6.29 Å². The summed E-state index contributed by atoms with van der Waals surface area (Å²) in [6, 6.07) is 0. The quantitative estimate of drug-likeness (QED) is 0.545. The zero-order valence-corrected chi connectivity index (χ0v) is 6.21. The first kappa shape index (κ1) is 7.61. The maximum absolute atomic E-state index is 5.14. The van der Waals surface area contributed by atoms with E-state index >= 15 is 0 Å². The van der Waals surface area contributed by atoms with Crippen LogP contribution >= 0.6 is 23.0 Å². The first-order valence-corrected chi connectivity index (χ1v) is 2.73. The number of methoxy groups -OCH3 is 1. The fraction of sp³-hybridized carbons (Fsp3) is 1.00. The van der Waals surface area contributed by atoms with Crippen molar-refractivity contribution in [2.24, 2.45) is 5.73 Å². The molecule has 0 aliphatic heterocycles. The first-order valence-electron chi connectivity index (χ1n) is 1.85. The van der Waals surface area contributed by atoms with Gasteiger partial charge >= 0.3 is 0 Å². The van der Waals surface area contributed by atoms with Gasteiger partial charge in [0.25, 0.3) is 0 Å². The Morgan fingerprint density at radius 2 is 2.43 bits per heavy atom. The largest absolute Gasteiger partial charge is 0.354 e. The molecule has 0 heterocycles. The number of hydrogen-bond acceptors (Lipinski definition) is 3. The van der Waals surface area contributed by atoms with E-state index in [1.165, 1.54) is 0 Å². The van der Waals surface area contributed by atoms with Crippen molar-refractivity contribution in [3.63, 3.8) is 0 Å². The highest BCUT2D eigenvalue weighted by Crippen LogP contribution is 1.94. The maximum Gasteiger partial charge on any atom is 0.180 e. The molecule has 0 aliphatic carbocycles. The SMILES string of the molecule is COC(CN)OI. The Balaban J connectivity index is 2.99. The molecule has 44 valence electrons. The second kappa shape index (κ2) is 4.76. The van der Waals surface area contributed by atoms with Crippen LogP contribution in [0, 0.1) is 0 Å². The van der Waals surface area contributed by atoms with Crippen LogP contribution in [0.2, 0.25) is 0 Å². The molecule has 0 saturated carbocycles. The summed E-state index contributed by atoms with van der Waals surface area (Å²) in [5, 5.41) is 0. The lowest BCUT2D eigenvalue weighted by Crippen LogP contribution is -2.21. The highest BCUT2D eigenvalue weighted by Gasteiger charge is 1.98. The van der Waals surface area contributed by atoms with Gasteiger partial charge in [-0.25, -0.2) is 0 Å². The van der Waals surface area contributed by atoms with Gasteiger partial charge in [0.1, 0.15) is 23.0 Å². The molecule has 3 nitrogen and oxygen atoms in total. The van der Waals surface area contributed by atoms with E-state index in [0.29, 0.717) is 6.54 Å². The maximum atomic E-state index is 5.14.